The molecule has 5 nitrogen and oxygen atoms in total. The van der Waals surface area contributed by atoms with Crippen LogP contribution in [0.2, 0.25) is 19.6 Å². The fourth-order valence-electron chi connectivity index (χ4n) is 1.62. The van der Waals surface area contributed by atoms with Crippen LogP contribution in [0.15, 0.2) is 29.4 Å². The Morgan fingerprint density at radius 2 is 1.78 bits per heavy atom. The van der Waals surface area contributed by atoms with Crippen molar-refractivity contribution in [3.05, 3.63) is 40.3 Å². The van der Waals surface area contributed by atoms with Crippen LogP contribution in [0.1, 0.15) is 11.7 Å². The molecular formula is C12H19N3O2Si. The zero-order chi connectivity index (χ0) is 13.8. The number of rotatable bonds is 5. The molecule has 1 aromatic carbocycles. The Morgan fingerprint density at radius 3 is 2.22 bits per heavy atom. The van der Waals surface area contributed by atoms with Crippen molar-refractivity contribution in [2.24, 2.45) is 5.11 Å². The van der Waals surface area contributed by atoms with Crippen molar-refractivity contribution in [3.8, 4) is 0 Å². The quantitative estimate of drug-likeness (QED) is 0.369. The van der Waals surface area contributed by atoms with E-state index in [9.17, 15) is 10.2 Å². The van der Waals surface area contributed by atoms with Crippen molar-refractivity contribution >= 4 is 13.3 Å². The van der Waals surface area contributed by atoms with E-state index < -0.39 is 20.3 Å². The summed E-state index contributed by atoms with van der Waals surface area (Å²) in [5, 5.41) is 24.1. The van der Waals surface area contributed by atoms with Gasteiger partial charge in [-0.05, 0) is 11.1 Å². The summed E-state index contributed by atoms with van der Waals surface area (Å²) < 4.78 is 0. The van der Waals surface area contributed by atoms with E-state index in [-0.39, 0.29) is 6.54 Å². The number of benzene rings is 1. The van der Waals surface area contributed by atoms with Gasteiger partial charge in [-0.2, -0.15) is 0 Å². The number of aliphatic hydroxyl groups is 2. The second kappa shape index (κ2) is 6.02. The third kappa shape index (κ3) is 3.85. The Bertz CT molecular complexity index is 436. The highest BCUT2D eigenvalue weighted by atomic mass is 28.3. The van der Waals surface area contributed by atoms with Gasteiger partial charge in [-0.25, -0.2) is 0 Å². The molecule has 0 amide bonds. The SMILES string of the molecule is C[Si](C)(C)c1ccc(C(O)C(O)CN=[N+]=[N-])cc1. The first-order valence-electron chi connectivity index (χ1n) is 5.83. The molecule has 1 rings (SSSR count). The first-order valence-corrected chi connectivity index (χ1v) is 9.33. The molecule has 0 spiro atoms. The van der Waals surface area contributed by atoms with Crippen LogP contribution >= 0.6 is 0 Å². The Hall–Kier alpha value is -1.33. The Labute approximate surface area is 108 Å². The van der Waals surface area contributed by atoms with Crippen LogP contribution < -0.4 is 5.19 Å². The summed E-state index contributed by atoms with van der Waals surface area (Å²) >= 11 is 0. The van der Waals surface area contributed by atoms with Gasteiger partial charge in [-0.3, -0.25) is 0 Å². The minimum atomic E-state index is -1.35. The molecule has 0 saturated heterocycles. The highest BCUT2D eigenvalue weighted by Crippen LogP contribution is 2.17. The topological polar surface area (TPSA) is 89.2 Å². The van der Waals surface area contributed by atoms with E-state index in [2.05, 4.69) is 29.7 Å². The summed E-state index contributed by atoms with van der Waals surface area (Å²) in [6.07, 6.45) is -2.09. The molecule has 2 N–H and O–H groups in total. The van der Waals surface area contributed by atoms with Crippen LogP contribution in [0.3, 0.4) is 0 Å². The molecule has 0 aliphatic heterocycles. The summed E-state index contributed by atoms with van der Waals surface area (Å²) in [5.41, 5.74) is 8.80. The maximum absolute atomic E-state index is 9.89. The van der Waals surface area contributed by atoms with E-state index in [1.807, 2.05) is 24.3 Å². The van der Waals surface area contributed by atoms with Crippen LogP contribution in [0, 0.1) is 0 Å². The fraction of sp³-hybridized carbons (Fsp3) is 0.500. The van der Waals surface area contributed by atoms with Crippen LogP contribution in [0.25, 0.3) is 10.4 Å². The van der Waals surface area contributed by atoms with Crippen LogP contribution in [-0.4, -0.2) is 30.9 Å². The van der Waals surface area contributed by atoms with Crippen molar-refractivity contribution in [2.45, 2.75) is 31.8 Å². The first kappa shape index (κ1) is 14.7. The molecule has 2 atom stereocenters. The molecule has 0 heterocycles. The lowest BCUT2D eigenvalue weighted by Gasteiger charge is -2.20. The zero-order valence-corrected chi connectivity index (χ0v) is 11.9. The molecule has 0 fully saturated rings. The predicted octanol–water partition coefficient (Wildman–Crippen LogP) is 1.94. The predicted molar refractivity (Wildman–Crippen MR) is 74.4 cm³/mol. The molecule has 18 heavy (non-hydrogen) atoms. The third-order valence-electron chi connectivity index (χ3n) is 2.81. The minimum absolute atomic E-state index is 0.132. The molecule has 0 aliphatic rings. The normalized spacial score (nSPS) is 14.7. The summed E-state index contributed by atoms with van der Waals surface area (Å²) in [7, 11) is -1.35. The Kier molecular flexibility index (Phi) is 4.92. The average Bonchev–Trinajstić information content (AvgIpc) is 2.34. The molecule has 0 radical (unpaired) electrons. The second-order valence-corrected chi connectivity index (χ2v) is 10.4. The summed E-state index contributed by atoms with van der Waals surface area (Å²) in [4.78, 5) is 2.56. The lowest BCUT2D eigenvalue weighted by Crippen LogP contribution is -2.37. The average molecular weight is 265 g/mol. The van der Waals surface area contributed by atoms with E-state index in [0.29, 0.717) is 5.56 Å². The molecular weight excluding hydrogens is 246 g/mol. The van der Waals surface area contributed by atoms with Gasteiger partial charge in [0.2, 0.25) is 0 Å². The summed E-state index contributed by atoms with van der Waals surface area (Å²) in [6, 6.07) is 7.62. The smallest absolute Gasteiger partial charge is 0.105 e. The maximum atomic E-state index is 9.89. The molecule has 0 bridgehead atoms. The first-order chi connectivity index (χ1) is 8.36. The number of hydrogen-bond donors (Lipinski definition) is 2. The molecule has 0 aromatic heterocycles. The van der Waals surface area contributed by atoms with Crippen LogP contribution in [0.4, 0.5) is 0 Å². The molecule has 98 valence electrons. The van der Waals surface area contributed by atoms with Crippen molar-refractivity contribution in [1.82, 2.24) is 0 Å². The van der Waals surface area contributed by atoms with Gasteiger partial charge in [-0.1, -0.05) is 54.2 Å². The van der Waals surface area contributed by atoms with E-state index in [1.54, 1.807) is 0 Å². The van der Waals surface area contributed by atoms with Crippen LogP contribution in [-0.2, 0) is 0 Å². The third-order valence-corrected chi connectivity index (χ3v) is 4.88. The standard InChI is InChI=1S/C12H19N3O2Si/c1-18(2,3)10-6-4-9(5-7-10)12(17)11(16)8-14-15-13/h4-7,11-12,16-17H,8H2,1-3H3. The molecule has 2 unspecified atom stereocenters. The molecule has 0 saturated carbocycles. The van der Waals surface area contributed by atoms with E-state index in [4.69, 9.17) is 5.53 Å². The minimum Gasteiger partial charge on any atom is -0.390 e. The molecule has 6 heteroatoms. The maximum Gasteiger partial charge on any atom is 0.105 e. The Balaban J connectivity index is 2.81. The van der Waals surface area contributed by atoms with E-state index >= 15 is 0 Å². The lowest BCUT2D eigenvalue weighted by atomic mass is 10.0. The van der Waals surface area contributed by atoms with Crippen molar-refractivity contribution < 1.29 is 10.2 Å². The fourth-order valence-corrected chi connectivity index (χ4v) is 2.79. The lowest BCUT2D eigenvalue weighted by molar-refractivity contribution is 0.0244. The van der Waals surface area contributed by atoms with Crippen molar-refractivity contribution in [1.29, 1.82) is 0 Å². The van der Waals surface area contributed by atoms with Gasteiger partial charge >= 0.3 is 0 Å². The zero-order valence-electron chi connectivity index (χ0n) is 10.9. The van der Waals surface area contributed by atoms with Gasteiger partial charge in [0, 0.05) is 4.91 Å². The monoisotopic (exact) mass is 265 g/mol. The van der Waals surface area contributed by atoms with Crippen LogP contribution in [0.5, 0.6) is 0 Å². The summed E-state index contributed by atoms with van der Waals surface area (Å²) in [6.45, 7) is 6.60. The van der Waals surface area contributed by atoms with Crippen molar-refractivity contribution in [3.63, 3.8) is 0 Å². The number of azide groups is 1. The van der Waals surface area contributed by atoms with E-state index in [0.717, 1.165) is 0 Å². The Morgan fingerprint density at radius 1 is 1.22 bits per heavy atom. The molecule has 0 aliphatic carbocycles. The number of nitrogens with zero attached hydrogens (tertiary/aromatic N) is 3. The number of hydrogen-bond acceptors (Lipinski definition) is 3. The van der Waals surface area contributed by atoms with Gasteiger partial charge in [0.25, 0.3) is 0 Å². The van der Waals surface area contributed by atoms with Gasteiger partial charge < -0.3 is 10.2 Å². The van der Waals surface area contributed by atoms with Gasteiger partial charge in [0.05, 0.1) is 20.7 Å². The second-order valence-electron chi connectivity index (χ2n) is 5.30. The van der Waals surface area contributed by atoms with Gasteiger partial charge in [0.15, 0.2) is 0 Å². The van der Waals surface area contributed by atoms with Gasteiger partial charge in [-0.15, -0.1) is 0 Å². The highest BCUT2D eigenvalue weighted by molar-refractivity contribution is 6.88. The van der Waals surface area contributed by atoms with Crippen molar-refractivity contribution in [2.75, 3.05) is 6.54 Å². The van der Waals surface area contributed by atoms with E-state index in [1.165, 1.54) is 5.19 Å². The highest BCUT2D eigenvalue weighted by Gasteiger charge is 2.20. The summed E-state index contributed by atoms with van der Waals surface area (Å²) in [5.74, 6) is 0. The van der Waals surface area contributed by atoms with Gasteiger partial charge in [0.1, 0.15) is 6.10 Å². The number of aliphatic hydroxyl groups excluding tert-OH is 2. The largest absolute Gasteiger partial charge is 0.390 e. The molecule has 1 aromatic rings.